The molecule has 1 saturated carbocycles. The summed E-state index contributed by atoms with van der Waals surface area (Å²) in [5.41, 5.74) is -0.174. The van der Waals surface area contributed by atoms with E-state index in [-0.39, 0.29) is 24.1 Å². The van der Waals surface area contributed by atoms with E-state index >= 15 is 0 Å². The van der Waals surface area contributed by atoms with Crippen molar-refractivity contribution < 1.29 is 27.9 Å². The van der Waals surface area contributed by atoms with Crippen molar-refractivity contribution in [2.75, 3.05) is 19.6 Å². The van der Waals surface area contributed by atoms with Crippen LogP contribution in [0.4, 0.5) is 13.2 Å². The number of hydrogen-bond donors (Lipinski definition) is 3. The summed E-state index contributed by atoms with van der Waals surface area (Å²) in [5.74, 6) is -1.12. The van der Waals surface area contributed by atoms with Gasteiger partial charge < -0.3 is 15.7 Å². The maximum absolute atomic E-state index is 12.9. The molecule has 5 rings (SSSR count). The van der Waals surface area contributed by atoms with Crippen LogP contribution < -0.4 is 10.6 Å². The van der Waals surface area contributed by atoms with Gasteiger partial charge in [-0.15, -0.1) is 0 Å². The molecular weight excluding hydrogens is 509 g/mol. The molecule has 39 heavy (non-hydrogen) atoms. The summed E-state index contributed by atoms with van der Waals surface area (Å²) in [6, 6.07) is 14.1. The summed E-state index contributed by atoms with van der Waals surface area (Å²) >= 11 is 0. The number of fused-ring (bicyclic) bond motifs is 1. The van der Waals surface area contributed by atoms with Gasteiger partial charge in [-0.05, 0) is 68.0 Å². The smallest absolute Gasteiger partial charge is 0.385 e. The first-order valence-corrected chi connectivity index (χ1v) is 13.2. The molecule has 1 aromatic heterocycles. The van der Waals surface area contributed by atoms with Gasteiger partial charge in [0.25, 0.3) is 5.91 Å². The molecule has 1 aliphatic heterocycles. The Hall–Kier alpha value is -3.50. The summed E-state index contributed by atoms with van der Waals surface area (Å²) in [7, 11) is 0. The van der Waals surface area contributed by atoms with Gasteiger partial charge in [0.15, 0.2) is 0 Å². The fourth-order valence-electron chi connectivity index (χ4n) is 5.83. The fraction of sp³-hybridized carbons (Fsp3) is 0.414. The average molecular weight is 541 g/mol. The van der Waals surface area contributed by atoms with Crippen molar-refractivity contribution >= 4 is 22.7 Å². The van der Waals surface area contributed by atoms with Crippen LogP contribution in [0.1, 0.15) is 53.6 Å². The van der Waals surface area contributed by atoms with Crippen molar-refractivity contribution in [3.63, 3.8) is 0 Å². The third-order valence-electron chi connectivity index (χ3n) is 7.90. The van der Waals surface area contributed by atoms with Crippen LogP contribution >= 0.6 is 0 Å². The van der Waals surface area contributed by atoms with Crippen LogP contribution in [0.5, 0.6) is 0 Å². The Bertz CT molecular complexity index is 1350. The second kappa shape index (κ2) is 10.9. The first-order valence-electron chi connectivity index (χ1n) is 13.2. The van der Waals surface area contributed by atoms with Gasteiger partial charge in [0.1, 0.15) is 0 Å². The number of para-hydroxylation sites is 1. The summed E-state index contributed by atoms with van der Waals surface area (Å²) in [4.78, 5) is 31.4. The molecule has 0 spiro atoms. The molecule has 1 atom stereocenters. The van der Waals surface area contributed by atoms with Gasteiger partial charge >= 0.3 is 6.18 Å². The SMILES string of the molecule is O=C(CNC(=O)c1cccc(C(F)(F)F)c1)NC1CCN(C2CCC(O)(c3ccnc4ccccc34)CC2)C1. The molecule has 0 radical (unpaired) electrons. The van der Waals surface area contributed by atoms with E-state index < -0.39 is 23.2 Å². The van der Waals surface area contributed by atoms with Crippen molar-refractivity contribution in [1.82, 2.24) is 20.5 Å². The third-order valence-corrected chi connectivity index (χ3v) is 7.90. The second-order valence-electron chi connectivity index (χ2n) is 10.4. The van der Waals surface area contributed by atoms with E-state index in [1.807, 2.05) is 30.3 Å². The Morgan fingerprint density at radius 2 is 1.82 bits per heavy atom. The lowest BCUT2D eigenvalue weighted by molar-refractivity contribution is -0.137. The minimum Gasteiger partial charge on any atom is -0.385 e. The van der Waals surface area contributed by atoms with E-state index in [9.17, 15) is 27.9 Å². The monoisotopic (exact) mass is 540 g/mol. The van der Waals surface area contributed by atoms with Crippen LogP contribution in [0.25, 0.3) is 10.9 Å². The van der Waals surface area contributed by atoms with Gasteiger partial charge in [0, 0.05) is 42.3 Å². The highest BCUT2D eigenvalue weighted by Gasteiger charge is 2.39. The summed E-state index contributed by atoms with van der Waals surface area (Å²) in [6.07, 6.45) is 0.913. The Kier molecular flexibility index (Phi) is 7.59. The Morgan fingerprint density at radius 1 is 1.05 bits per heavy atom. The van der Waals surface area contributed by atoms with Gasteiger partial charge in [0.2, 0.25) is 5.91 Å². The van der Waals surface area contributed by atoms with Crippen LogP contribution in [0, 0.1) is 0 Å². The number of carbonyl (C=O) groups is 2. The molecule has 7 nitrogen and oxygen atoms in total. The largest absolute Gasteiger partial charge is 0.416 e. The molecule has 1 unspecified atom stereocenters. The predicted octanol–water partition coefficient (Wildman–Crippen LogP) is 4.00. The van der Waals surface area contributed by atoms with Crippen LogP contribution in [0.15, 0.2) is 60.8 Å². The summed E-state index contributed by atoms with van der Waals surface area (Å²) < 4.78 is 38.7. The highest BCUT2D eigenvalue weighted by Crippen LogP contribution is 2.41. The zero-order chi connectivity index (χ0) is 27.6. The van der Waals surface area contributed by atoms with Gasteiger partial charge in [-0.25, -0.2) is 0 Å². The number of aromatic nitrogens is 1. The van der Waals surface area contributed by atoms with E-state index in [2.05, 4.69) is 20.5 Å². The number of nitrogens with zero attached hydrogens (tertiary/aromatic N) is 2. The lowest BCUT2D eigenvalue weighted by Gasteiger charge is -2.40. The van der Waals surface area contributed by atoms with Crippen molar-refractivity contribution in [1.29, 1.82) is 0 Å². The third kappa shape index (κ3) is 6.07. The molecule has 3 aromatic rings. The average Bonchev–Trinajstić information content (AvgIpc) is 3.39. The zero-order valence-electron chi connectivity index (χ0n) is 21.4. The Labute approximate surface area is 224 Å². The summed E-state index contributed by atoms with van der Waals surface area (Å²) in [5, 5.41) is 17.8. The molecule has 2 aliphatic rings. The van der Waals surface area contributed by atoms with Gasteiger partial charge in [-0.3, -0.25) is 19.5 Å². The number of nitrogens with one attached hydrogen (secondary N) is 2. The number of amides is 2. The van der Waals surface area contributed by atoms with Crippen LogP contribution in [-0.4, -0.2) is 58.5 Å². The molecule has 2 heterocycles. The lowest BCUT2D eigenvalue weighted by Crippen LogP contribution is -2.45. The topological polar surface area (TPSA) is 94.6 Å². The number of alkyl halides is 3. The van der Waals surface area contributed by atoms with Gasteiger partial charge in [-0.1, -0.05) is 24.3 Å². The van der Waals surface area contributed by atoms with E-state index in [0.717, 1.165) is 60.5 Å². The predicted molar refractivity (Wildman–Crippen MR) is 140 cm³/mol. The van der Waals surface area contributed by atoms with Crippen LogP contribution in [-0.2, 0) is 16.6 Å². The van der Waals surface area contributed by atoms with Crippen LogP contribution in [0.2, 0.25) is 0 Å². The number of aliphatic hydroxyl groups is 1. The minimum absolute atomic E-state index is 0.0760. The molecule has 1 aliphatic carbocycles. The van der Waals surface area contributed by atoms with Gasteiger partial charge in [-0.2, -0.15) is 13.2 Å². The minimum atomic E-state index is -4.55. The first-order chi connectivity index (χ1) is 18.6. The van der Waals surface area contributed by atoms with E-state index in [1.165, 1.54) is 6.07 Å². The Morgan fingerprint density at radius 3 is 2.59 bits per heavy atom. The molecule has 2 fully saturated rings. The van der Waals surface area contributed by atoms with Gasteiger partial charge in [0.05, 0.1) is 23.2 Å². The number of benzene rings is 2. The quantitative estimate of drug-likeness (QED) is 0.440. The molecular formula is C29H31F3N4O3. The number of pyridine rings is 1. The molecule has 3 N–H and O–H groups in total. The number of likely N-dealkylation sites (tertiary alicyclic amines) is 1. The number of rotatable bonds is 6. The Balaban J connectivity index is 1.09. The molecule has 2 aromatic carbocycles. The second-order valence-corrected chi connectivity index (χ2v) is 10.4. The van der Waals surface area contributed by atoms with Crippen molar-refractivity contribution in [3.05, 3.63) is 77.5 Å². The highest BCUT2D eigenvalue weighted by molar-refractivity contribution is 5.96. The molecule has 0 bridgehead atoms. The highest BCUT2D eigenvalue weighted by atomic mass is 19.4. The molecule has 2 amide bonds. The first kappa shape index (κ1) is 27.1. The maximum Gasteiger partial charge on any atom is 0.416 e. The molecule has 1 saturated heterocycles. The number of halogens is 3. The number of carbonyl (C=O) groups excluding carboxylic acids is 2. The fourth-order valence-corrected chi connectivity index (χ4v) is 5.83. The van der Waals surface area contributed by atoms with Crippen LogP contribution in [0.3, 0.4) is 0 Å². The zero-order valence-corrected chi connectivity index (χ0v) is 21.4. The molecule has 206 valence electrons. The van der Waals surface area contributed by atoms with Crippen molar-refractivity contribution in [3.8, 4) is 0 Å². The van der Waals surface area contributed by atoms with E-state index in [0.29, 0.717) is 25.4 Å². The van der Waals surface area contributed by atoms with E-state index in [1.54, 1.807) is 6.20 Å². The maximum atomic E-state index is 12.9. The van der Waals surface area contributed by atoms with E-state index in [4.69, 9.17) is 0 Å². The number of hydrogen-bond acceptors (Lipinski definition) is 5. The summed E-state index contributed by atoms with van der Waals surface area (Å²) in [6.45, 7) is 1.18. The molecule has 10 heteroatoms. The lowest BCUT2D eigenvalue weighted by atomic mass is 9.76. The standard InChI is InChI=1S/C29H31F3N4O3/c30-29(31,32)20-5-3-4-19(16-20)27(38)34-17-26(37)35-21-11-15-36(18-21)22-8-12-28(39,13-9-22)24-10-14-33-25-7-2-1-6-23(24)25/h1-7,10,14,16,21-22,39H,8-9,11-13,15,17-18H2,(H,34,38)(H,35,37). The van der Waals surface area contributed by atoms with Crippen molar-refractivity contribution in [2.45, 2.75) is 56.0 Å². The van der Waals surface area contributed by atoms with Crippen molar-refractivity contribution in [2.24, 2.45) is 0 Å². The normalized spacial score (nSPS) is 24.0.